The summed E-state index contributed by atoms with van der Waals surface area (Å²) >= 11 is 1.70. The predicted octanol–water partition coefficient (Wildman–Crippen LogP) is 4.42. The van der Waals surface area contributed by atoms with E-state index in [0.717, 1.165) is 55.5 Å². The molecule has 6 nitrogen and oxygen atoms in total. The van der Waals surface area contributed by atoms with E-state index in [2.05, 4.69) is 53.8 Å². The maximum atomic E-state index is 13.1. The molecule has 1 unspecified atom stereocenters. The van der Waals surface area contributed by atoms with E-state index in [4.69, 9.17) is 4.74 Å². The van der Waals surface area contributed by atoms with E-state index in [9.17, 15) is 9.90 Å². The number of piperidine rings is 1. The molecule has 0 radical (unpaired) electrons. The van der Waals surface area contributed by atoms with Crippen molar-refractivity contribution in [2.75, 3.05) is 40.4 Å². The zero-order chi connectivity index (χ0) is 23.4. The standard InChI is InChI=1S/C26H39N3O3S/c1-19-16-22(18-28(19)2)27-25(30)29-13-7-9-21(17-29)26(31,12-4-5-14-32-3)23-10-6-8-20-11-15-33-24(20)23/h6,8,10-11,15,19,21-22,31H,4-5,7,9,12-14,16-18H2,1-3H3,(H,27,30)/t19?,21-,22+,26+/m1/s1. The number of amides is 2. The number of benzene rings is 1. The van der Waals surface area contributed by atoms with Crippen LogP contribution >= 0.6 is 11.3 Å². The van der Waals surface area contributed by atoms with Crippen LogP contribution < -0.4 is 5.32 Å². The van der Waals surface area contributed by atoms with Gasteiger partial charge in [-0.15, -0.1) is 11.3 Å². The molecule has 3 heterocycles. The van der Waals surface area contributed by atoms with Crippen LogP contribution in [0.1, 0.15) is 51.0 Å². The average molecular weight is 474 g/mol. The van der Waals surface area contributed by atoms with Gasteiger partial charge >= 0.3 is 6.03 Å². The Hall–Kier alpha value is -1.67. The molecule has 0 saturated carbocycles. The van der Waals surface area contributed by atoms with Gasteiger partial charge in [-0.1, -0.05) is 18.2 Å². The number of likely N-dealkylation sites (tertiary alicyclic amines) is 2. The Morgan fingerprint density at radius 1 is 1.30 bits per heavy atom. The first-order valence-corrected chi connectivity index (χ1v) is 13.2. The molecule has 0 bridgehead atoms. The van der Waals surface area contributed by atoms with Crippen LogP contribution in [0.25, 0.3) is 10.1 Å². The number of hydrogen-bond acceptors (Lipinski definition) is 5. The maximum absolute atomic E-state index is 13.1. The second-order valence-electron chi connectivity index (χ2n) is 9.97. The van der Waals surface area contributed by atoms with Gasteiger partial charge in [0, 0.05) is 61.6 Å². The number of urea groups is 1. The lowest BCUT2D eigenvalue weighted by Crippen LogP contribution is -2.52. The van der Waals surface area contributed by atoms with Crippen LogP contribution in [0.3, 0.4) is 0 Å². The highest BCUT2D eigenvalue weighted by molar-refractivity contribution is 7.17. The summed E-state index contributed by atoms with van der Waals surface area (Å²) in [6.07, 6.45) is 5.32. The summed E-state index contributed by atoms with van der Waals surface area (Å²) < 4.78 is 6.41. The number of fused-ring (bicyclic) bond motifs is 1. The fraction of sp³-hybridized carbons (Fsp3) is 0.654. The van der Waals surface area contributed by atoms with Crippen LogP contribution in [-0.2, 0) is 10.3 Å². The Morgan fingerprint density at radius 3 is 2.91 bits per heavy atom. The third kappa shape index (κ3) is 5.37. The van der Waals surface area contributed by atoms with Gasteiger partial charge in [0.25, 0.3) is 0 Å². The van der Waals surface area contributed by atoms with Crippen molar-refractivity contribution >= 4 is 27.5 Å². The molecule has 2 aromatic rings. The maximum Gasteiger partial charge on any atom is 0.317 e. The molecular weight excluding hydrogens is 434 g/mol. The average Bonchev–Trinajstić information content (AvgIpc) is 3.42. The molecule has 4 atom stereocenters. The highest BCUT2D eigenvalue weighted by Crippen LogP contribution is 2.43. The Balaban J connectivity index is 1.52. The number of nitrogens with one attached hydrogen (secondary N) is 1. The Kier molecular flexibility index (Phi) is 7.95. The number of unbranched alkanes of at least 4 members (excludes halogenated alkanes) is 1. The van der Waals surface area contributed by atoms with E-state index < -0.39 is 5.60 Å². The van der Waals surface area contributed by atoms with Crippen LogP contribution in [0.2, 0.25) is 0 Å². The molecule has 1 aromatic carbocycles. The summed E-state index contributed by atoms with van der Waals surface area (Å²) in [5.74, 6) is 0.0115. The monoisotopic (exact) mass is 473 g/mol. The topological polar surface area (TPSA) is 65.0 Å². The van der Waals surface area contributed by atoms with Gasteiger partial charge in [0.05, 0.1) is 5.60 Å². The second-order valence-corrected chi connectivity index (χ2v) is 10.9. The van der Waals surface area contributed by atoms with Crippen molar-refractivity contribution in [2.45, 2.75) is 63.1 Å². The number of rotatable bonds is 8. The summed E-state index contributed by atoms with van der Waals surface area (Å²) in [6, 6.07) is 9.08. The molecule has 0 spiro atoms. The minimum Gasteiger partial charge on any atom is -0.385 e. The van der Waals surface area contributed by atoms with Gasteiger partial charge in [0.2, 0.25) is 0 Å². The molecular formula is C26H39N3O3S. The molecule has 0 aliphatic carbocycles. The van der Waals surface area contributed by atoms with Crippen molar-refractivity contribution in [3.05, 3.63) is 35.2 Å². The van der Waals surface area contributed by atoms with E-state index in [0.29, 0.717) is 25.6 Å². The Morgan fingerprint density at radius 2 is 2.15 bits per heavy atom. The predicted molar refractivity (Wildman–Crippen MR) is 135 cm³/mol. The highest BCUT2D eigenvalue weighted by atomic mass is 32.1. The number of hydrogen-bond donors (Lipinski definition) is 2. The zero-order valence-corrected chi connectivity index (χ0v) is 21.1. The molecule has 2 amide bonds. The molecule has 1 aromatic heterocycles. The van der Waals surface area contributed by atoms with E-state index in [-0.39, 0.29) is 18.0 Å². The molecule has 2 aliphatic rings. The second kappa shape index (κ2) is 10.7. The van der Waals surface area contributed by atoms with Crippen molar-refractivity contribution in [3.8, 4) is 0 Å². The molecule has 4 rings (SSSR count). The van der Waals surface area contributed by atoms with Crippen LogP contribution in [0.15, 0.2) is 29.6 Å². The number of ether oxygens (including phenoxy) is 1. The fourth-order valence-electron chi connectivity index (χ4n) is 5.65. The lowest BCUT2D eigenvalue weighted by Gasteiger charge is -2.43. The highest BCUT2D eigenvalue weighted by Gasteiger charge is 2.42. The molecule has 2 saturated heterocycles. The molecule has 2 N–H and O–H groups in total. The first kappa shape index (κ1) is 24.5. The van der Waals surface area contributed by atoms with E-state index in [1.54, 1.807) is 18.4 Å². The van der Waals surface area contributed by atoms with Crippen molar-refractivity contribution in [1.82, 2.24) is 15.1 Å². The van der Waals surface area contributed by atoms with Crippen molar-refractivity contribution in [1.29, 1.82) is 0 Å². The number of aliphatic hydroxyl groups is 1. The van der Waals surface area contributed by atoms with Crippen molar-refractivity contribution in [2.24, 2.45) is 5.92 Å². The fourth-order valence-corrected chi connectivity index (χ4v) is 6.64. The Bertz CT molecular complexity index is 924. The minimum absolute atomic E-state index is 0.0115. The number of nitrogens with zero attached hydrogens (tertiary/aromatic N) is 2. The van der Waals surface area contributed by atoms with Crippen LogP contribution in [-0.4, -0.2) is 73.4 Å². The first-order chi connectivity index (χ1) is 15.9. The molecule has 7 heteroatoms. The van der Waals surface area contributed by atoms with Crippen molar-refractivity contribution < 1.29 is 14.6 Å². The lowest BCUT2D eigenvalue weighted by atomic mass is 9.74. The van der Waals surface area contributed by atoms with Gasteiger partial charge < -0.3 is 25.0 Å². The molecule has 182 valence electrons. The van der Waals surface area contributed by atoms with E-state index in [1.807, 2.05) is 4.90 Å². The van der Waals surface area contributed by atoms with Crippen LogP contribution in [0.5, 0.6) is 0 Å². The molecule has 2 aliphatic heterocycles. The van der Waals surface area contributed by atoms with Crippen LogP contribution in [0.4, 0.5) is 4.79 Å². The zero-order valence-electron chi connectivity index (χ0n) is 20.3. The largest absolute Gasteiger partial charge is 0.385 e. The normalized spacial score (nSPS) is 25.9. The molecule has 2 fully saturated rings. The number of methoxy groups -OCH3 is 1. The summed E-state index contributed by atoms with van der Waals surface area (Å²) in [5, 5.41) is 18.8. The summed E-state index contributed by atoms with van der Waals surface area (Å²) in [7, 11) is 3.83. The third-order valence-electron chi connectivity index (χ3n) is 7.70. The molecule has 33 heavy (non-hydrogen) atoms. The third-order valence-corrected chi connectivity index (χ3v) is 8.66. The summed E-state index contributed by atoms with van der Waals surface area (Å²) in [6.45, 7) is 5.15. The number of carbonyl (C=O) groups is 1. The summed E-state index contributed by atoms with van der Waals surface area (Å²) in [5.41, 5.74) is 0.0602. The van der Waals surface area contributed by atoms with Gasteiger partial charge in [-0.2, -0.15) is 0 Å². The Labute approximate surface area is 201 Å². The van der Waals surface area contributed by atoms with E-state index in [1.165, 1.54) is 5.39 Å². The minimum atomic E-state index is -0.959. The van der Waals surface area contributed by atoms with E-state index >= 15 is 0 Å². The number of thiophene rings is 1. The lowest BCUT2D eigenvalue weighted by molar-refractivity contribution is -0.0551. The van der Waals surface area contributed by atoms with Gasteiger partial charge in [-0.25, -0.2) is 4.79 Å². The smallest absolute Gasteiger partial charge is 0.317 e. The quantitative estimate of drug-likeness (QED) is 0.557. The van der Waals surface area contributed by atoms with Crippen molar-refractivity contribution in [3.63, 3.8) is 0 Å². The van der Waals surface area contributed by atoms with Gasteiger partial charge in [-0.05, 0) is 69.3 Å². The SMILES string of the molecule is COCCCC[C@@](O)(c1cccc2ccsc12)[C@@H]1CCCN(C(=O)N[C@H]2CC(C)N(C)C2)C1. The van der Waals surface area contributed by atoms with Gasteiger partial charge in [0.15, 0.2) is 0 Å². The summed E-state index contributed by atoms with van der Waals surface area (Å²) in [4.78, 5) is 17.4. The van der Waals surface area contributed by atoms with Crippen LogP contribution in [0, 0.1) is 5.92 Å². The van der Waals surface area contributed by atoms with Gasteiger partial charge in [-0.3, -0.25) is 0 Å². The first-order valence-electron chi connectivity index (χ1n) is 12.4. The number of carbonyl (C=O) groups excluding carboxylic acids is 1. The number of likely N-dealkylation sites (N-methyl/N-ethyl adjacent to an activating group) is 1. The van der Waals surface area contributed by atoms with Gasteiger partial charge in [0.1, 0.15) is 0 Å².